The van der Waals surface area contributed by atoms with Crippen LogP contribution in [0.4, 0.5) is 4.79 Å². The summed E-state index contributed by atoms with van der Waals surface area (Å²) in [4.78, 5) is 15.8. The van der Waals surface area contributed by atoms with Gasteiger partial charge < -0.3 is 15.4 Å². The van der Waals surface area contributed by atoms with Gasteiger partial charge in [0.1, 0.15) is 5.60 Å². The number of rotatable bonds is 6. The lowest BCUT2D eigenvalue weighted by Gasteiger charge is -2.24. The minimum absolute atomic E-state index is 0.184. The zero-order valence-electron chi connectivity index (χ0n) is 13.6. The van der Waals surface area contributed by atoms with Crippen LogP contribution in [0.25, 0.3) is 0 Å². The average molecular weight is 293 g/mol. The van der Waals surface area contributed by atoms with E-state index in [1.54, 1.807) is 6.20 Å². The second-order valence-electron chi connectivity index (χ2n) is 6.16. The Morgan fingerprint density at radius 1 is 1.43 bits per heavy atom. The lowest BCUT2D eigenvalue weighted by atomic mass is 10.1. The highest BCUT2D eigenvalue weighted by molar-refractivity contribution is 5.67. The SMILES string of the molecule is CCC(CNC(=O)OC(C)(C)C)NC(C)c1cccnc1. The molecule has 5 heteroatoms. The maximum atomic E-state index is 11.7. The standard InChI is InChI=1S/C16H27N3O2/c1-6-14(11-18-15(20)21-16(3,4)5)19-12(2)13-8-7-9-17-10-13/h7-10,12,14,19H,6,11H2,1-5H3,(H,18,20). The molecule has 5 nitrogen and oxygen atoms in total. The van der Waals surface area contributed by atoms with Gasteiger partial charge in [0.05, 0.1) is 0 Å². The number of aromatic nitrogens is 1. The zero-order chi connectivity index (χ0) is 15.9. The van der Waals surface area contributed by atoms with Crippen molar-refractivity contribution in [1.82, 2.24) is 15.6 Å². The van der Waals surface area contributed by atoms with Gasteiger partial charge >= 0.3 is 6.09 Å². The lowest BCUT2D eigenvalue weighted by Crippen LogP contribution is -2.43. The normalized spacial score (nSPS) is 14.3. The Hall–Kier alpha value is -1.62. The summed E-state index contributed by atoms with van der Waals surface area (Å²) in [5.74, 6) is 0. The number of hydrogen-bond donors (Lipinski definition) is 2. The number of ether oxygens (including phenoxy) is 1. The van der Waals surface area contributed by atoms with Gasteiger partial charge in [0.15, 0.2) is 0 Å². The highest BCUT2D eigenvalue weighted by atomic mass is 16.6. The summed E-state index contributed by atoms with van der Waals surface area (Å²) in [6.07, 6.45) is 4.15. The molecule has 2 unspecified atom stereocenters. The molecule has 0 spiro atoms. The van der Waals surface area contributed by atoms with Gasteiger partial charge in [-0.3, -0.25) is 4.98 Å². The van der Waals surface area contributed by atoms with Crippen molar-refractivity contribution in [2.24, 2.45) is 0 Å². The fourth-order valence-electron chi connectivity index (χ4n) is 1.92. The number of carbonyl (C=O) groups is 1. The number of hydrogen-bond acceptors (Lipinski definition) is 4. The van der Waals surface area contributed by atoms with Crippen molar-refractivity contribution in [3.05, 3.63) is 30.1 Å². The molecule has 0 aliphatic heterocycles. The van der Waals surface area contributed by atoms with Crippen LogP contribution in [-0.4, -0.2) is 29.3 Å². The van der Waals surface area contributed by atoms with Gasteiger partial charge in [0, 0.05) is 31.0 Å². The molecular formula is C16H27N3O2. The summed E-state index contributed by atoms with van der Waals surface area (Å²) in [5.41, 5.74) is 0.663. The van der Waals surface area contributed by atoms with Gasteiger partial charge in [0.25, 0.3) is 0 Å². The molecule has 0 aliphatic carbocycles. The molecule has 2 atom stereocenters. The van der Waals surface area contributed by atoms with Crippen LogP contribution in [0.5, 0.6) is 0 Å². The van der Waals surface area contributed by atoms with E-state index in [1.165, 1.54) is 0 Å². The van der Waals surface area contributed by atoms with E-state index in [0.717, 1.165) is 12.0 Å². The zero-order valence-corrected chi connectivity index (χ0v) is 13.6. The van der Waals surface area contributed by atoms with Crippen LogP contribution in [0.2, 0.25) is 0 Å². The van der Waals surface area contributed by atoms with Crippen LogP contribution in [0.15, 0.2) is 24.5 Å². The van der Waals surface area contributed by atoms with Crippen molar-refractivity contribution >= 4 is 6.09 Å². The number of amides is 1. The first-order valence-corrected chi connectivity index (χ1v) is 7.44. The molecule has 0 bridgehead atoms. The van der Waals surface area contributed by atoms with Crippen LogP contribution in [0, 0.1) is 0 Å². The number of alkyl carbamates (subject to hydrolysis) is 1. The third-order valence-electron chi connectivity index (χ3n) is 3.05. The van der Waals surface area contributed by atoms with Gasteiger partial charge in [-0.05, 0) is 45.7 Å². The molecule has 1 amide bonds. The van der Waals surface area contributed by atoms with E-state index in [2.05, 4.69) is 29.5 Å². The minimum atomic E-state index is -0.470. The van der Waals surface area contributed by atoms with Gasteiger partial charge in [-0.15, -0.1) is 0 Å². The summed E-state index contributed by atoms with van der Waals surface area (Å²) in [7, 11) is 0. The first kappa shape index (κ1) is 17.4. The topological polar surface area (TPSA) is 63.2 Å². The first-order chi connectivity index (χ1) is 9.81. The maximum absolute atomic E-state index is 11.7. The Morgan fingerprint density at radius 2 is 2.14 bits per heavy atom. The minimum Gasteiger partial charge on any atom is -0.444 e. The van der Waals surface area contributed by atoms with E-state index in [0.29, 0.717) is 6.54 Å². The van der Waals surface area contributed by atoms with E-state index >= 15 is 0 Å². The summed E-state index contributed by atoms with van der Waals surface area (Å²) in [5, 5.41) is 6.30. The molecular weight excluding hydrogens is 266 g/mol. The van der Waals surface area contributed by atoms with Crippen LogP contribution in [-0.2, 0) is 4.74 Å². The largest absolute Gasteiger partial charge is 0.444 e. The molecule has 1 aromatic rings. The predicted octanol–water partition coefficient (Wildman–Crippen LogP) is 3.04. The fraction of sp³-hybridized carbons (Fsp3) is 0.625. The van der Waals surface area contributed by atoms with Gasteiger partial charge in [-0.2, -0.15) is 0 Å². The number of nitrogens with zero attached hydrogens (tertiary/aromatic N) is 1. The quantitative estimate of drug-likeness (QED) is 0.846. The van der Waals surface area contributed by atoms with Crippen molar-refractivity contribution in [3.8, 4) is 0 Å². The summed E-state index contributed by atoms with van der Waals surface area (Å²) in [6, 6.07) is 4.34. The summed E-state index contributed by atoms with van der Waals surface area (Å²) in [6.45, 7) is 10.3. The van der Waals surface area contributed by atoms with Gasteiger partial charge in [0.2, 0.25) is 0 Å². The Kier molecular flexibility index (Phi) is 6.62. The monoisotopic (exact) mass is 293 g/mol. The van der Waals surface area contributed by atoms with Crippen LogP contribution in [0.1, 0.15) is 52.6 Å². The van der Waals surface area contributed by atoms with E-state index in [1.807, 2.05) is 39.1 Å². The molecule has 21 heavy (non-hydrogen) atoms. The summed E-state index contributed by atoms with van der Waals surface area (Å²) >= 11 is 0. The Balaban J connectivity index is 2.43. The maximum Gasteiger partial charge on any atom is 0.407 e. The van der Waals surface area contributed by atoms with Crippen molar-refractivity contribution in [2.45, 2.75) is 58.7 Å². The number of pyridine rings is 1. The van der Waals surface area contributed by atoms with Crippen molar-refractivity contribution in [3.63, 3.8) is 0 Å². The van der Waals surface area contributed by atoms with Gasteiger partial charge in [-0.25, -0.2) is 4.79 Å². The molecule has 0 aliphatic rings. The van der Waals surface area contributed by atoms with E-state index in [4.69, 9.17) is 4.74 Å². The highest BCUT2D eigenvalue weighted by Crippen LogP contribution is 2.11. The molecule has 0 radical (unpaired) electrons. The third kappa shape index (κ3) is 7.09. The smallest absolute Gasteiger partial charge is 0.407 e. The van der Waals surface area contributed by atoms with E-state index in [-0.39, 0.29) is 18.2 Å². The van der Waals surface area contributed by atoms with Crippen molar-refractivity contribution in [2.75, 3.05) is 6.54 Å². The van der Waals surface area contributed by atoms with Crippen molar-refractivity contribution < 1.29 is 9.53 Å². The Labute approximate surface area is 127 Å². The summed E-state index contributed by atoms with van der Waals surface area (Å²) < 4.78 is 5.23. The van der Waals surface area contributed by atoms with Crippen molar-refractivity contribution in [1.29, 1.82) is 0 Å². The second-order valence-corrected chi connectivity index (χ2v) is 6.16. The molecule has 0 saturated heterocycles. The van der Waals surface area contributed by atoms with E-state index in [9.17, 15) is 4.79 Å². The predicted molar refractivity (Wildman–Crippen MR) is 84.1 cm³/mol. The molecule has 0 saturated carbocycles. The highest BCUT2D eigenvalue weighted by Gasteiger charge is 2.18. The Morgan fingerprint density at radius 3 is 2.67 bits per heavy atom. The Bertz CT molecular complexity index is 429. The molecule has 1 rings (SSSR count). The molecule has 0 aromatic carbocycles. The fourth-order valence-corrected chi connectivity index (χ4v) is 1.92. The number of nitrogens with one attached hydrogen (secondary N) is 2. The third-order valence-corrected chi connectivity index (χ3v) is 3.05. The number of carbonyl (C=O) groups excluding carboxylic acids is 1. The first-order valence-electron chi connectivity index (χ1n) is 7.44. The average Bonchev–Trinajstić information content (AvgIpc) is 2.42. The molecule has 118 valence electrons. The van der Waals surface area contributed by atoms with Crippen LogP contribution >= 0.6 is 0 Å². The molecule has 2 N–H and O–H groups in total. The lowest BCUT2D eigenvalue weighted by molar-refractivity contribution is 0.0521. The van der Waals surface area contributed by atoms with Gasteiger partial charge in [-0.1, -0.05) is 13.0 Å². The molecule has 0 fully saturated rings. The second kappa shape index (κ2) is 7.98. The molecule has 1 aromatic heterocycles. The molecule has 1 heterocycles. The van der Waals surface area contributed by atoms with Crippen LogP contribution in [0.3, 0.4) is 0 Å². The van der Waals surface area contributed by atoms with Crippen LogP contribution < -0.4 is 10.6 Å². The van der Waals surface area contributed by atoms with E-state index < -0.39 is 5.60 Å².